The zero-order valence-electron chi connectivity index (χ0n) is 17.6. The minimum Gasteiger partial charge on any atom is -0.452 e. The van der Waals surface area contributed by atoms with Gasteiger partial charge < -0.3 is 15.3 Å². The zero-order chi connectivity index (χ0) is 21.8. The second-order valence-corrected chi connectivity index (χ2v) is 8.88. The van der Waals surface area contributed by atoms with Gasteiger partial charge in [0.15, 0.2) is 17.2 Å². The molecule has 0 spiro atoms. The van der Waals surface area contributed by atoms with E-state index in [0.717, 1.165) is 65.3 Å². The van der Waals surface area contributed by atoms with Crippen molar-refractivity contribution in [1.82, 2.24) is 14.8 Å². The molecule has 7 nitrogen and oxygen atoms in total. The molecule has 0 bridgehead atoms. The maximum Gasteiger partial charge on any atom is 0.177 e. The normalized spacial score (nSPS) is 20.7. The number of aromatic nitrogens is 3. The van der Waals surface area contributed by atoms with Gasteiger partial charge in [0.05, 0.1) is 18.3 Å². The van der Waals surface area contributed by atoms with Crippen molar-refractivity contribution in [1.29, 1.82) is 0 Å². The Kier molecular flexibility index (Phi) is 4.40. The number of rotatable bonds is 3. The lowest BCUT2D eigenvalue weighted by Gasteiger charge is -2.25. The van der Waals surface area contributed by atoms with Gasteiger partial charge in [-0.2, -0.15) is 5.10 Å². The van der Waals surface area contributed by atoms with Crippen molar-refractivity contribution in [3.8, 4) is 22.5 Å². The van der Waals surface area contributed by atoms with Gasteiger partial charge in [0.1, 0.15) is 5.76 Å². The number of nitrogens with zero attached hydrogens (tertiary/aromatic N) is 3. The summed E-state index contributed by atoms with van der Waals surface area (Å²) in [5.41, 5.74) is 11.4. The van der Waals surface area contributed by atoms with Crippen LogP contribution in [0.4, 0.5) is 5.82 Å². The molecule has 3 N–H and O–H groups in total. The zero-order valence-corrected chi connectivity index (χ0v) is 17.6. The molecule has 1 aromatic carbocycles. The molecule has 1 fully saturated rings. The van der Waals surface area contributed by atoms with Gasteiger partial charge >= 0.3 is 0 Å². The smallest absolute Gasteiger partial charge is 0.177 e. The van der Waals surface area contributed by atoms with Crippen LogP contribution in [0, 0.1) is 0 Å². The number of furan rings is 1. The van der Waals surface area contributed by atoms with Crippen LogP contribution in [0.15, 0.2) is 47.3 Å². The van der Waals surface area contributed by atoms with E-state index >= 15 is 0 Å². The molecular weight excluding hydrogens is 404 g/mol. The summed E-state index contributed by atoms with van der Waals surface area (Å²) in [7, 11) is 0. The van der Waals surface area contributed by atoms with Crippen molar-refractivity contribution in [2.45, 2.75) is 50.7 Å². The van der Waals surface area contributed by atoms with Crippen molar-refractivity contribution in [3.05, 3.63) is 54.0 Å². The number of hydrogen-bond donors (Lipinski definition) is 2. The summed E-state index contributed by atoms with van der Waals surface area (Å²) in [4.78, 5) is 16.3. The van der Waals surface area contributed by atoms with Gasteiger partial charge in [-0.15, -0.1) is 0 Å². The van der Waals surface area contributed by atoms with Crippen LogP contribution in [-0.4, -0.2) is 31.8 Å². The topological polar surface area (TPSA) is 107 Å². The molecule has 3 aromatic heterocycles. The SMILES string of the molecule is Nc1ncc(-c2cnn(C3CCC(O)CC3)c2)c2cc(-c3ccc4c(c3)CCC4=O)oc12. The van der Waals surface area contributed by atoms with Crippen molar-refractivity contribution in [2.24, 2.45) is 0 Å². The lowest BCUT2D eigenvalue weighted by molar-refractivity contribution is 0.0994. The number of anilines is 1. The fraction of sp³-hybridized carbons (Fsp3) is 0.320. The van der Waals surface area contributed by atoms with E-state index in [0.29, 0.717) is 29.6 Å². The van der Waals surface area contributed by atoms with E-state index in [9.17, 15) is 9.90 Å². The van der Waals surface area contributed by atoms with Crippen LogP contribution in [0.3, 0.4) is 0 Å². The molecular formula is C25H24N4O3. The highest BCUT2D eigenvalue weighted by atomic mass is 16.3. The number of aliphatic hydroxyl groups excluding tert-OH is 1. The van der Waals surface area contributed by atoms with Crippen LogP contribution < -0.4 is 5.73 Å². The quantitative estimate of drug-likeness (QED) is 0.496. The number of aliphatic hydroxyl groups is 1. The Labute approximate surface area is 184 Å². The highest BCUT2D eigenvalue weighted by Gasteiger charge is 2.23. The maximum atomic E-state index is 12.0. The third-order valence-corrected chi connectivity index (χ3v) is 6.85. The molecule has 1 saturated carbocycles. The lowest BCUT2D eigenvalue weighted by atomic mass is 9.93. The van der Waals surface area contributed by atoms with Gasteiger partial charge in [0.2, 0.25) is 0 Å². The Balaban J connectivity index is 1.39. The van der Waals surface area contributed by atoms with E-state index in [1.807, 2.05) is 41.3 Å². The minimum atomic E-state index is -0.191. The first-order valence-electron chi connectivity index (χ1n) is 11.1. The molecule has 32 heavy (non-hydrogen) atoms. The molecule has 0 atom stereocenters. The number of aryl methyl sites for hydroxylation is 1. The Bertz CT molecular complexity index is 1340. The Morgan fingerprint density at radius 1 is 1.03 bits per heavy atom. The number of nitrogen functional groups attached to an aromatic ring is 1. The Morgan fingerprint density at radius 2 is 1.88 bits per heavy atom. The summed E-state index contributed by atoms with van der Waals surface area (Å²) in [6, 6.07) is 8.16. The van der Waals surface area contributed by atoms with Gasteiger partial charge in [0, 0.05) is 46.5 Å². The average molecular weight is 428 g/mol. The standard InChI is InChI=1S/C25H24N4O3/c26-25-24-20(10-23(32-24)15-1-7-19-14(9-15)2-8-22(19)31)21(12-27-25)16-11-28-29(13-16)17-3-5-18(30)6-4-17/h1,7,9-13,17-18,30H,2-6,8H2,(H2,26,27). The average Bonchev–Trinajstić information content (AvgIpc) is 3.54. The fourth-order valence-electron chi connectivity index (χ4n) is 5.02. The highest BCUT2D eigenvalue weighted by molar-refractivity contribution is 6.02. The van der Waals surface area contributed by atoms with Crippen molar-refractivity contribution >= 4 is 22.6 Å². The Morgan fingerprint density at radius 3 is 2.72 bits per heavy atom. The summed E-state index contributed by atoms with van der Waals surface area (Å²) < 4.78 is 8.14. The summed E-state index contributed by atoms with van der Waals surface area (Å²) in [6.45, 7) is 0. The largest absolute Gasteiger partial charge is 0.452 e. The van der Waals surface area contributed by atoms with E-state index in [-0.39, 0.29) is 11.9 Å². The molecule has 0 saturated heterocycles. The number of carbonyl (C=O) groups is 1. The molecule has 6 rings (SSSR count). The number of carbonyl (C=O) groups excluding carboxylic acids is 1. The van der Waals surface area contributed by atoms with Crippen LogP contribution in [0.2, 0.25) is 0 Å². The summed E-state index contributed by atoms with van der Waals surface area (Å²) in [5, 5.41) is 15.3. The van der Waals surface area contributed by atoms with Crippen LogP contribution in [0.1, 0.15) is 54.1 Å². The number of hydrogen-bond acceptors (Lipinski definition) is 6. The number of nitrogens with two attached hydrogens (primary N) is 1. The van der Waals surface area contributed by atoms with E-state index in [1.54, 1.807) is 6.20 Å². The van der Waals surface area contributed by atoms with Crippen molar-refractivity contribution < 1.29 is 14.3 Å². The Hall–Kier alpha value is -3.45. The van der Waals surface area contributed by atoms with Gasteiger partial charge in [-0.3, -0.25) is 9.48 Å². The van der Waals surface area contributed by atoms with Gasteiger partial charge in [0.25, 0.3) is 0 Å². The van der Waals surface area contributed by atoms with Crippen LogP contribution in [0.25, 0.3) is 33.4 Å². The fourth-order valence-corrected chi connectivity index (χ4v) is 5.02. The lowest BCUT2D eigenvalue weighted by Crippen LogP contribution is -2.21. The minimum absolute atomic E-state index is 0.191. The molecule has 0 aliphatic heterocycles. The van der Waals surface area contributed by atoms with Gasteiger partial charge in [-0.1, -0.05) is 12.1 Å². The van der Waals surface area contributed by atoms with Crippen molar-refractivity contribution in [2.75, 3.05) is 5.73 Å². The van der Waals surface area contributed by atoms with E-state index in [2.05, 4.69) is 10.1 Å². The predicted octanol–water partition coefficient (Wildman–Crippen LogP) is 4.55. The molecule has 2 aliphatic rings. The first-order valence-corrected chi connectivity index (χ1v) is 11.1. The van der Waals surface area contributed by atoms with Gasteiger partial charge in [-0.05, 0) is 49.8 Å². The van der Waals surface area contributed by atoms with Gasteiger partial charge in [-0.25, -0.2) is 4.98 Å². The first-order chi connectivity index (χ1) is 15.6. The van der Waals surface area contributed by atoms with E-state index in [1.165, 1.54) is 0 Å². The van der Waals surface area contributed by atoms with Crippen LogP contribution in [-0.2, 0) is 6.42 Å². The molecule has 162 valence electrons. The van der Waals surface area contributed by atoms with Crippen molar-refractivity contribution in [3.63, 3.8) is 0 Å². The summed E-state index contributed by atoms with van der Waals surface area (Å²) in [6.07, 6.45) is 10.3. The predicted molar refractivity (Wildman–Crippen MR) is 121 cm³/mol. The van der Waals surface area contributed by atoms with E-state index < -0.39 is 0 Å². The number of benzene rings is 1. The summed E-state index contributed by atoms with van der Waals surface area (Å²) >= 11 is 0. The molecule has 7 heteroatoms. The van der Waals surface area contributed by atoms with Crippen LogP contribution >= 0.6 is 0 Å². The number of pyridine rings is 1. The molecule has 4 aromatic rings. The second kappa shape index (κ2) is 7.31. The number of Topliss-reactive ketones (excluding diaryl/α,β-unsaturated/α-hetero) is 1. The maximum absolute atomic E-state index is 12.0. The van der Waals surface area contributed by atoms with Crippen LogP contribution in [0.5, 0.6) is 0 Å². The molecule has 0 radical (unpaired) electrons. The molecule has 3 heterocycles. The first kappa shape index (κ1) is 19.3. The number of ketones is 1. The molecule has 0 amide bonds. The van der Waals surface area contributed by atoms with E-state index in [4.69, 9.17) is 10.2 Å². The molecule has 0 unspecified atom stereocenters. The third-order valence-electron chi connectivity index (χ3n) is 6.85. The number of fused-ring (bicyclic) bond motifs is 2. The second-order valence-electron chi connectivity index (χ2n) is 8.88. The monoisotopic (exact) mass is 428 g/mol. The third kappa shape index (κ3) is 3.12. The summed E-state index contributed by atoms with van der Waals surface area (Å²) in [5.74, 6) is 1.26. The molecule has 2 aliphatic carbocycles. The highest BCUT2D eigenvalue weighted by Crippen LogP contribution is 2.38.